The van der Waals surface area contributed by atoms with Gasteiger partial charge in [0, 0.05) is 11.3 Å². The molecule has 158 valence electrons. The maximum Gasteiger partial charge on any atom is 0.257 e. The number of thioether (sulfide) groups is 1. The number of anilines is 1. The molecule has 3 aromatic rings. The Balaban J connectivity index is 1.61. The highest BCUT2D eigenvalue weighted by Gasteiger charge is 2.16. The second-order valence-electron chi connectivity index (χ2n) is 6.18. The van der Waals surface area contributed by atoms with Crippen LogP contribution in [0.5, 0.6) is 5.75 Å². The predicted molar refractivity (Wildman–Crippen MR) is 121 cm³/mol. The van der Waals surface area contributed by atoms with Crippen LogP contribution in [0.15, 0.2) is 40.7 Å². The predicted octanol–water partition coefficient (Wildman–Crippen LogP) is 6.71. The number of benzene rings is 2. The zero-order chi connectivity index (χ0) is 21.5. The molecule has 0 aliphatic carbocycles. The Morgan fingerprint density at radius 2 is 1.97 bits per heavy atom. The largest absolute Gasteiger partial charge is 0.490 e. The maximum absolute atomic E-state index is 13.7. The van der Waals surface area contributed by atoms with Crippen LogP contribution in [0.3, 0.4) is 0 Å². The Hall–Kier alpha value is -1.87. The number of unbranched alkanes of at least 4 members (excludes halogenated alkanes) is 1. The topological polar surface area (TPSA) is 64.1 Å². The highest BCUT2D eigenvalue weighted by atomic mass is 35.5. The molecule has 3 rings (SSSR count). The molecule has 0 aliphatic rings. The van der Waals surface area contributed by atoms with E-state index in [4.69, 9.17) is 27.9 Å². The number of carbonyl (C=O) groups is 1. The molecule has 30 heavy (non-hydrogen) atoms. The molecule has 1 aromatic heterocycles. The molecule has 0 radical (unpaired) electrons. The number of hydrogen-bond acceptors (Lipinski definition) is 6. The lowest BCUT2D eigenvalue weighted by atomic mass is 10.2. The summed E-state index contributed by atoms with van der Waals surface area (Å²) in [6.45, 7) is 2.55. The molecule has 0 saturated heterocycles. The molecule has 1 amide bonds. The number of carbonyl (C=O) groups excluding carboxylic acids is 1. The first-order valence-electron chi connectivity index (χ1n) is 9.10. The molecule has 0 unspecified atom stereocenters. The molecule has 10 heteroatoms. The minimum atomic E-state index is -0.416. The normalized spacial score (nSPS) is 10.8. The minimum absolute atomic E-state index is 0.265. The van der Waals surface area contributed by atoms with E-state index >= 15 is 0 Å². The standard InChI is InChI=1S/C20H18Cl2FN3O2S2/c1-2-3-8-28-17-14(21)9-13(10-15(17)22)18(27)24-19-25-26-20(30-19)29-11-12-6-4-5-7-16(12)23/h4-7,9-10H,2-3,8,11H2,1H3,(H,24,25,27). The van der Waals surface area contributed by atoms with Crippen molar-refractivity contribution < 1.29 is 13.9 Å². The van der Waals surface area contributed by atoms with Gasteiger partial charge in [-0.05, 0) is 30.2 Å². The van der Waals surface area contributed by atoms with Crippen LogP contribution in [-0.2, 0) is 5.75 Å². The van der Waals surface area contributed by atoms with E-state index in [-0.39, 0.29) is 21.4 Å². The van der Waals surface area contributed by atoms with Crippen molar-refractivity contribution >= 4 is 57.3 Å². The van der Waals surface area contributed by atoms with Crippen molar-refractivity contribution in [1.82, 2.24) is 10.2 Å². The van der Waals surface area contributed by atoms with Gasteiger partial charge in [0.05, 0.1) is 16.7 Å². The highest BCUT2D eigenvalue weighted by molar-refractivity contribution is 8.00. The molecular weight excluding hydrogens is 468 g/mol. The van der Waals surface area contributed by atoms with Gasteiger partial charge in [-0.1, -0.05) is 77.8 Å². The van der Waals surface area contributed by atoms with Crippen molar-refractivity contribution in [3.63, 3.8) is 0 Å². The maximum atomic E-state index is 13.7. The van der Waals surface area contributed by atoms with Crippen molar-refractivity contribution in [3.8, 4) is 5.75 Å². The van der Waals surface area contributed by atoms with E-state index in [1.165, 1.54) is 41.3 Å². The van der Waals surface area contributed by atoms with Crippen molar-refractivity contribution in [3.05, 3.63) is 63.4 Å². The second-order valence-corrected chi connectivity index (χ2v) is 9.19. The van der Waals surface area contributed by atoms with Gasteiger partial charge in [0.2, 0.25) is 5.13 Å². The first-order chi connectivity index (χ1) is 14.5. The summed E-state index contributed by atoms with van der Waals surface area (Å²) in [6, 6.07) is 9.55. The van der Waals surface area contributed by atoms with Gasteiger partial charge in [0.15, 0.2) is 10.1 Å². The third-order valence-electron chi connectivity index (χ3n) is 3.94. The summed E-state index contributed by atoms with van der Waals surface area (Å²) in [5.74, 6) is 0.102. The number of aromatic nitrogens is 2. The fraction of sp³-hybridized carbons (Fsp3) is 0.250. The average molecular weight is 486 g/mol. The molecule has 1 heterocycles. The minimum Gasteiger partial charge on any atom is -0.490 e. The number of ether oxygens (including phenoxy) is 1. The van der Waals surface area contributed by atoms with Crippen LogP contribution < -0.4 is 10.1 Å². The van der Waals surface area contributed by atoms with Crippen LogP contribution in [0.2, 0.25) is 10.0 Å². The second kappa shape index (κ2) is 10.9. The lowest BCUT2D eigenvalue weighted by Crippen LogP contribution is -2.12. The number of amides is 1. The third kappa shape index (κ3) is 6.07. The van der Waals surface area contributed by atoms with E-state index < -0.39 is 5.91 Å². The number of nitrogens with zero attached hydrogens (tertiary/aromatic N) is 2. The Morgan fingerprint density at radius 3 is 2.67 bits per heavy atom. The van der Waals surface area contributed by atoms with Crippen LogP contribution in [-0.4, -0.2) is 22.7 Å². The van der Waals surface area contributed by atoms with E-state index in [0.717, 1.165) is 12.8 Å². The molecule has 2 aromatic carbocycles. The Morgan fingerprint density at radius 1 is 1.23 bits per heavy atom. The van der Waals surface area contributed by atoms with E-state index in [1.54, 1.807) is 18.2 Å². The van der Waals surface area contributed by atoms with Gasteiger partial charge in [0.25, 0.3) is 5.91 Å². The summed E-state index contributed by atoms with van der Waals surface area (Å²) in [4.78, 5) is 12.5. The quantitative estimate of drug-likeness (QED) is 0.207. The summed E-state index contributed by atoms with van der Waals surface area (Å²) in [7, 11) is 0. The number of hydrogen-bond donors (Lipinski definition) is 1. The molecule has 1 N–H and O–H groups in total. The monoisotopic (exact) mass is 485 g/mol. The summed E-state index contributed by atoms with van der Waals surface area (Å²) in [5, 5.41) is 11.5. The summed E-state index contributed by atoms with van der Waals surface area (Å²) >= 11 is 15.0. The van der Waals surface area contributed by atoms with Crippen LogP contribution in [0.1, 0.15) is 35.7 Å². The van der Waals surface area contributed by atoms with E-state index in [0.29, 0.717) is 33.1 Å². The highest BCUT2D eigenvalue weighted by Crippen LogP contribution is 2.35. The van der Waals surface area contributed by atoms with Gasteiger partial charge in [-0.15, -0.1) is 10.2 Å². The molecule has 0 saturated carbocycles. The van der Waals surface area contributed by atoms with E-state index in [2.05, 4.69) is 22.4 Å². The molecule has 5 nitrogen and oxygen atoms in total. The summed E-state index contributed by atoms with van der Waals surface area (Å²) in [6.07, 6.45) is 1.86. The first-order valence-corrected chi connectivity index (χ1v) is 11.7. The van der Waals surface area contributed by atoms with Gasteiger partial charge < -0.3 is 4.74 Å². The molecule has 0 aliphatic heterocycles. The average Bonchev–Trinajstić information content (AvgIpc) is 3.16. The molecule has 0 bridgehead atoms. The smallest absolute Gasteiger partial charge is 0.257 e. The first kappa shape index (κ1) is 22.8. The number of rotatable bonds is 9. The van der Waals surface area contributed by atoms with Crippen molar-refractivity contribution in [2.45, 2.75) is 29.9 Å². The summed E-state index contributed by atoms with van der Waals surface area (Å²) < 4.78 is 19.9. The Labute approximate surface area is 192 Å². The fourth-order valence-electron chi connectivity index (χ4n) is 2.39. The molecule has 0 spiro atoms. The van der Waals surface area contributed by atoms with Gasteiger partial charge in [-0.3, -0.25) is 10.1 Å². The van der Waals surface area contributed by atoms with Gasteiger partial charge in [-0.2, -0.15) is 0 Å². The van der Waals surface area contributed by atoms with Gasteiger partial charge >= 0.3 is 0 Å². The molecule has 0 atom stereocenters. The van der Waals surface area contributed by atoms with Gasteiger partial charge in [-0.25, -0.2) is 4.39 Å². The molecular formula is C20H18Cl2FN3O2S2. The van der Waals surface area contributed by atoms with E-state index in [9.17, 15) is 9.18 Å². The lowest BCUT2D eigenvalue weighted by Gasteiger charge is -2.11. The van der Waals surface area contributed by atoms with Crippen molar-refractivity contribution in [1.29, 1.82) is 0 Å². The third-order valence-corrected chi connectivity index (χ3v) is 6.52. The Kier molecular flexibility index (Phi) is 8.32. The zero-order valence-electron chi connectivity index (χ0n) is 16.0. The lowest BCUT2D eigenvalue weighted by molar-refractivity contribution is 0.102. The number of halogens is 3. The fourth-order valence-corrected chi connectivity index (χ4v) is 4.72. The van der Waals surface area contributed by atoms with Gasteiger partial charge in [0.1, 0.15) is 5.82 Å². The van der Waals surface area contributed by atoms with Crippen LogP contribution in [0, 0.1) is 5.82 Å². The molecule has 0 fully saturated rings. The van der Waals surface area contributed by atoms with Crippen LogP contribution in [0.25, 0.3) is 0 Å². The van der Waals surface area contributed by atoms with Crippen molar-refractivity contribution in [2.24, 2.45) is 0 Å². The Bertz CT molecular complexity index is 1010. The SMILES string of the molecule is CCCCOc1c(Cl)cc(C(=O)Nc2nnc(SCc3ccccc3F)s2)cc1Cl. The number of nitrogens with one attached hydrogen (secondary N) is 1. The van der Waals surface area contributed by atoms with Crippen molar-refractivity contribution in [2.75, 3.05) is 11.9 Å². The van der Waals surface area contributed by atoms with E-state index in [1.807, 2.05) is 0 Å². The summed E-state index contributed by atoms with van der Waals surface area (Å²) in [5.41, 5.74) is 0.859. The van der Waals surface area contributed by atoms with Crippen LogP contribution in [0.4, 0.5) is 9.52 Å². The van der Waals surface area contributed by atoms with Crippen LogP contribution >= 0.6 is 46.3 Å². The zero-order valence-corrected chi connectivity index (χ0v) is 19.1.